The van der Waals surface area contributed by atoms with Gasteiger partial charge in [-0.05, 0) is 92.7 Å². The molecule has 0 heterocycles. The fourth-order valence-electron chi connectivity index (χ4n) is 6.72. The molecule has 142 valence electrons. The molecule has 0 aliphatic heterocycles. The standard InChI is InChI=1S/C21H30N2O3/c22-7-6-21(19-11-16-9-17(13-19)14-20(21)12-16)18-5-1-3-15(10-18)4-2-8-26-23(24)25/h1,3,5,10,16-17,19-20H,2,4,6-9,11-14,22H2. The lowest BCUT2D eigenvalue weighted by Gasteiger charge is -2.62. The maximum absolute atomic E-state index is 10.3. The Bertz CT molecular complexity index is 632. The van der Waals surface area contributed by atoms with Gasteiger partial charge in [0, 0.05) is 5.41 Å². The highest BCUT2D eigenvalue weighted by Crippen LogP contribution is 2.64. The number of aryl methyl sites for hydroxylation is 1. The number of rotatable bonds is 8. The first-order valence-electron chi connectivity index (χ1n) is 10.2. The van der Waals surface area contributed by atoms with Crippen molar-refractivity contribution in [3.05, 3.63) is 45.5 Å². The summed E-state index contributed by atoms with van der Waals surface area (Å²) in [5.41, 5.74) is 9.11. The van der Waals surface area contributed by atoms with Crippen LogP contribution in [-0.4, -0.2) is 18.2 Å². The first-order valence-corrected chi connectivity index (χ1v) is 10.2. The molecule has 26 heavy (non-hydrogen) atoms. The van der Waals surface area contributed by atoms with Gasteiger partial charge in [0.2, 0.25) is 0 Å². The molecule has 1 aromatic carbocycles. The number of hydrogen-bond acceptors (Lipinski definition) is 4. The molecule has 5 heteroatoms. The third-order valence-corrected chi connectivity index (χ3v) is 7.42. The molecule has 2 N–H and O–H groups in total. The van der Waals surface area contributed by atoms with E-state index in [1.54, 1.807) is 0 Å². The van der Waals surface area contributed by atoms with Gasteiger partial charge in [-0.2, -0.15) is 0 Å². The van der Waals surface area contributed by atoms with Gasteiger partial charge in [-0.25, -0.2) is 0 Å². The highest BCUT2D eigenvalue weighted by atomic mass is 16.9. The van der Waals surface area contributed by atoms with Crippen LogP contribution in [0.1, 0.15) is 56.1 Å². The van der Waals surface area contributed by atoms with Crippen LogP contribution in [0.2, 0.25) is 0 Å². The molecule has 4 aliphatic carbocycles. The largest absolute Gasteiger partial charge is 0.330 e. The average molecular weight is 358 g/mol. The maximum atomic E-state index is 10.3. The van der Waals surface area contributed by atoms with E-state index in [2.05, 4.69) is 29.1 Å². The molecule has 0 amide bonds. The van der Waals surface area contributed by atoms with Gasteiger partial charge in [-0.3, -0.25) is 0 Å². The van der Waals surface area contributed by atoms with Crippen molar-refractivity contribution in [2.45, 2.75) is 56.8 Å². The molecule has 0 spiro atoms. The predicted octanol–water partition coefficient (Wildman–Crippen LogP) is 3.87. The minimum Gasteiger partial charge on any atom is -0.330 e. The van der Waals surface area contributed by atoms with E-state index in [1.807, 2.05) is 0 Å². The Morgan fingerprint density at radius 3 is 2.46 bits per heavy atom. The van der Waals surface area contributed by atoms with E-state index < -0.39 is 5.09 Å². The van der Waals surface area contributed by atoms with Crippen LogP contribution in [0.15, 0.2) is 24.3 Å². The summed E-state index contributed by atoms with van der Waals surface area (Å²) in [5, 5.41) is 9.59. The molecule has 0 aromatic heterocycles. The van der Waals surface area contributed by atoms with E-state index >= 15 is 0 Å². The van der Waals surface area contributed by atoms with Crippen molar-refractivity contribution < 1.29 is 9.92 Å². The summed E-state index contributed by atoms with van der Waals surface area (Å²) in [6.45, 7) is 0.920. The molecule has 1 aromatic rings. The summed E-state index contributed by atoms with van der Waals surface area (Å²) in [6.07, 6.45) is 9.58. The Morgan fingerprint density at radius 1 is 1.15 bits per heavy atom. The smallest absolute Gasteiger partial charge is 0.294 e. The van der Waals surface area contributed by atoms with Crippen molar-refractivity contribution in [2.24, 2.45) is 29.4 Å². The predicted molar refractivity (Wildman–Crippen MR) is 100 cm³/mol. The second-order valence-corrected chi connectivity index (χ2v) is 8.74. The summed E-state index contributed by atoms with van der Waals surface area (Å²) >= 11 is 0. The summed E-state index contributed by atoms with van der Waals surface area (Å²) < 4.78 is 0. The summed E-state index contributed by atoms with van der Waals surface area (Å²) in [7, 11) is 0. The van der Waals surface area contributed by atoms with Crippen LogP contribution in [-0.2, 0) is 16.7 Å². The molecule has 4 aliphatic rings. The van der Waals surface area contributed by atoms with Gasteiger partial charge in [0.05, 0.1) is 6.61 Å². The highest BCUT2D eigenvalue weighted by Gasteiger charge is 2.57. The zero-order valence-corrected chi connectivity index (χ0v) is 15.4. The Kier molecular flexibility index (Phi) is 4.91. The van der Waals surface area contributed by atoms with E-state index in [4.69, 9.17) is 5.73 Å². The van der Waals surface area contributed by atoms with Gasteiger partial charge in [-0.1, -0.05) is 24.3 Å². The van der Waals surface area contributed by atoms with Gasteiger partial charge in [0.1, 0.15) is 0 Å². The highest BCUT2D eigenvalue weighted by molar-refractivity contribution is 5.34. The zero-order valence-electron chi connectivity index (χ0n) is 15.4. The van der Waals surface area contributed by atoms with E-state index in [0.29, 0.717) is 6.42 Å². The van der Waals surface area contributed by atoms with E-state index in [-0.39, 0.29) is 12.0 Å². The van der Waals surface area contributed by atoms with Crippen LogP contribution in [0.3, 0.4) is 0 Å². The minimum absolute atomic E-state index is 0.166. The molecule has 5 rings (SSSR count). The van der Waals surface area contributed by atoms with Crippen molar-refractivity contribution in [3.63, 3.8) is 0 Å². The van der Waals surface area contributed by atoms with Crippen LogP contribution in [0.4, 0.5) is 0 Å². The molecule has 0 radical (unpaired) electrons. The molecule has 4 bridgehead atoms. The molecule has 0 unspecified atom stereocenters. The van der Waals surface area contributed by atoms with Gasteiger partial charge in [0.25, 0.3) is 5.09 Å². The van der Waals surface area contributed by atoms with Gasteiger partial charge >= 0.3 is 0 Å². The normalized spacial score (nSPS) is 34.8. The topological polar surface area (TPSA) is 78.4 Å². The number of hydrogen-bond donors (Lipinski definition) is 1. The molecule has 4 saturated carbocycles. The van der Waals surface area contributed by atoms with Crippen molar-refractivity contribution >= 4 is 0 Å². The molecule has 4 fully saturated rings. The van der Waals surface area contributed by atoms with E-state index in [1.165, 1.54) is 43.2 Å². The van der Waals surface area contributed by atoms with Crippen LogP contribution < -0.4 is 5.73 Å². The lowest BCUT2D eigenvalue weighted by molar-refractivity contribution is -0.757. The van der Waals surface area contributed by atoms with Gasteiger partial charge < -0.3 is 10.6 Å². The van der Waals surface area contributed by atoms with Crippen LogP contribution in [0, 0.1) is 33.8 Å². The third-order valence-electron chi connectivity index (χ3n) is 7.42. The average Bonchev–Trinajstić information content (AvgIpc) is 2.61. The van der Waals surface area contributed by atoms with Crippen molar-refractivity contribution in [2.75, 3.05) is 13.2 Å². The van der Waals surface area contributed by atoms with Crippen LogP contribution in [0.25, 0.3) is 0 Å². The quantitative estimate of drug-likeness (QED) is 0.435. The van der Waals surface area contributed by atoms with Crippen molar-refractivity contribution in [1.29, 1.82) is 0 Å². The Hall–Kier alpha value is -1.62. The zero-order chi connectivity index (χ0) is 18.1. The lowest BCUT2D eigenvalue weighted by Crippen LogP contribution is -2.56. The fraction of sp³-hybridized carbons (Fsp3) is 0.714. The van der Waals surface area contributed by atoms with Crippen molar-refractivity contribution in [1.82, 2.24) is 0 Å². The fourth-order valence-corrected chi connectivity index (χ4v) is 6.72. The van der Waals surface area contributed by atoms with Gasteiger partial charge in [0.15, 0.2) is 0 Å². The Morgan fingerprint density at radius 2 is 1.85 bits per heavy atom. The number of nitrogens with two attached hydrogens (primary N) is 1. The van der Waals surface area contributed by atoms with Crippen LogP contribution in [0.5, 0.6) is 0 Å². The molecular weight excluding hydrogens is 328 g/mol. The molecule has 0 saturated heterocycles. The van der Waals surface area contributed by atoms with Crippen molar-refractivity contribution in [3.8, 4) is 0 Å². The third kappa shape index (κ3) is 3.11. The first-order chi connectivity index (χ1) is 12.6. The monoisotopic (exact) mass is 358 g/mol. The van der Waals surface area contributed by atoms with E-state index in [0.717, 1.165) is 43.1 Å². The summed E-state index contributed by atoms with van der Waals surface area (Å²) in [5.74, 6) is 3.47. The minimum atomic E-state index is -0.707. The first kappa shape index (κ1) is 17.8. The molecule has 5 nitrogen and oxygen atoms in total. The maximum Gasteiger partial charge on any atom is 0.294 e. The Labute approximate surface area is 155 Å². The summed E-state index contributed by atoms with van der Waals surface area (Å²) in [4.78, 5) is 14.8. The Balaban J connectivity index is 1.56. The molecular formula is C21H30N2O3. The SMILES string of the molecule is NCCC1(c2cccc(CCCO[N+](=O)[O-])c2)C2CC3CC(C2)CC1C3. The molecule has 0 atom stereocenters. The number of benzene rings is 1. The lowest BCUT2D eigenvalue weighted by atomic mass is 9.43. The number of nitrogens with zero attached hydrogens (tertiary/aromatic N) is 1. The van der Waals surface area contributed by atoms with E-state index in [9.17, 15) is 10.1 Å². The second-order valence-electron chi connectivity index (χ2n) is 8.74. The van der Waals surface area contributed by atoms with Gasteiger partial charge in [-0.15, -0.1) is 10.1 Å². The second kappa shape index (κ2) is 7.18. The summed E-state index contributed by atoms with van der Waals surface area (Å²) in [6, 6.07) is 8.99. The van der Waals surface area contributed by atoms with Crippen LogP contribution >= 0.6 is 0 Å².